The van der Waals surface area contributed by atoms with Gasteiger partial charge in [-0.2, -0.15) is 0 Å². The molecule has 2 heterocycles. The first-order valence-electron chi connectivity index (χ1n) is 8.64. The molecule has 2 atom stereocenters. The summed E-state index contributed by atoms with van der Waals surface area (Å²) in [7, 11) is 1.49. The van der Waals surface area contributed by atoms with Crippen LogP contribution < -0.4 is 26.8 Å². The molecular weight excluding hydrogens is 372 g/mol. The van der Waals surface area contributed by atoms with Crippen LogP contribution in [-0.2, 0) is 0 Å². The summed E-state index contributed by atoms with van der Waals surface area (Å²) in [5.41, 5.74) is 11.5. The van der Waals surface area contributed by atoms with E-state index in [0.717, 1.165) is 0 Å². The van der Waals surface area contributed by atoms with E-state index >= 15 is 0 Å². The number of halogens is 2. The maximum Gasteiger partial charge on any atom is 0.271 e. The monoisotopic (exact) mass is 393 g/mol. The largest absolute Gasteiger partial charge is 0.481 e. The highest BCUT2D eigenvalue weighted by molar-refractivity contribution is 5.96. The molecule has 2 aromatic heterocycles. The summed E-state index contributed by atoms with van der Waals surface area (Å²) in [5, 5.41) is 5.79. The van der Waals surface area contributed by atoms with E-state index in [2.05, 4.69) is 25.6 Å². The predicted molar refractivity (Wildman–Crippen MR) is 98.8 cm³/mol. The third kappa shape index (κ3) is 4.25. The summed E-state index contributed by atoms with van der Waals surface area (Å²) in [4.78, 5) is 24.0. The lowest BCUT2D eigenvalue weighted by Crippen LogP contribution is -2.55. The fraction of sp³-hybridized carbons (Fsp3) is 0.412. The number of ether oxygens (including phenoxy) is 1. The summed E-state index contributed by atoms with van der Waals surface area (Å²) in [6, 6.07) is 1.26. The lowest BCUT2D eigenvalue weighted by molar-refractivity contribution is -0.0554. The van der Waals surface area contributed by atoms with Gasteiger partial charge < -0.3 is 26.8 Å². The van der Waals surface area contributed by atoms with Crippen LogP contribution in [0.1, 0.15) is 29.8 Å². The van der Waals surface area contributed by atoms with Crippen LogP contribution in [0.15, 0.2) is 24.5 Å². The number of primary amides is 1. The number of carbonyl (C=O) groups excluding carboxylic acids is 1. The predicted octanol–water partition coefficient (Wildman–Crippen LogP) is 1.65. The van der Waals surface area contributed by atoms with Crippen molar-refractivity contribution in [3.8, 4) is 5.88 Å². The van der Waals surface area contributed by atoms with Crippen molar-refractivity contribution in [2.45, 2.75) is 37.3 Å². The number of carbonyl (C=O) groups is 1. The van der Waals surface area contributed by atoms with Crippen molar-refractivity contribution >= 4 is 23.2 Å². The number of hydrogen-bond donors (Lipinski definition) is 4. The molecule has 0 aromatic carbocycles. The Morgan fingerprint density at radius 3 is 2.75 bits per heavy atom. The summed E-state index contributed by atoms with van der Waals surface area (Å²) in [6.45, 7) is 0. The van der Waals surface area contributed by atoms with Crippen LogP contribution in [0, 0.1) is 0 Å². The summed E-state index contributed by atoms with van der Waals surface area (Å²) in [5.74, 6) is -3.06. The van der Waals surface area contributed by atoms with Gasteiger partial charge in [-0.1, -0.05) is 0 Å². The maximum absolute atomic E-state index is 13.9. The highest BCUT2D eigenvalue weighted by Crippen LogP contribution is 2.33. The molecular formula is C17H21F2N7O2. The van der Waals surface area contributed by atoms with Crippen molar-refractivity contribution in [3.63, 3.8) is 0 Å². The molecule has 9 nitrogen and oxygen atoms in total. The van der Waals surface area contributed by atoms with Crippen LogP contribution in [0.25, 0.3) is 0 Å². The average molecular weight is 393 g/mol. The fourth-order valence-electron chi connectivity index (χ4n) is 2.99. The van der Waals surface area contributed by atoms with Gasteiger partial charge in [-0.3, -0.25) is 4.79 Å². The molecule has 2 unspecified atom stereocenters. The van der Waals surface area contributed by atoms with Crippen molar-refractivity contribution < 1.29 is 18.3 Å². The van der Waals surface area contributed by atoms with Gasteiger partial charge in [0.2, 0.25) is 5.88 Å². The molecule has 0 bridgehead atoms. The Kier molecular flexibility index (Phi) is 5.54. The van der Waals surface area contributed by atoms with Crippen molar-refractivity contribution in [2.75, 3.05) is 17.7 Å². The normalized spacial score (nSPS) is 21.0. The second kappa shape index (κ2) is 7.89. The quantitative estimate of drug-likeness (QED) is 0.580. The van der Waals surface area contributed by atoms with E-state index < -0.39 is 23.9 Å². The smallest absolute Gasteiger partial charge is 0.271 e. The van der Waals surface area contributed by atoms with E-state index in [0.29, 0.717) is 24.4 Å². The van der Waals surface area contributed by atoms with E-state index in [9.17, 15) is 13.6 Å². The van der Waals surface area contributed by atoms with Crippen LogP contribution in [-0.4, -0.2) is 46.0 Å². The molecule has 0 saturated heterocycles. The van der Waals surface area contributed by atoms with Crippen molar-refractivity contribution in [3.05, 3.63) is 30.2 Å². The Balaban J connectivity index is 1.83. The van der Waals surface area contributed by atoms with Gasteiger partial charge in [0.25, 0.3) is 11.8 Å². The van der Waals surface area contributed by atoms with Crippen LogP contribution in [0.5, 0.6) is 5.88 Å². The van der Waals surface area contributed by atoms with Crippen molar-refractivity contribution in [2.24, 2.45) is 11.5 Å². The molecule has 11 heteroatoms. The minimum Gasteiger partial charge on any atom is -0.481 e. The van der Waals surface area contributed by atoms with Crippen molar-refractivity contribution in [1.82, 2.24) is 15.0 Å². The number of rotatable bonds is 6. The summed E-state index contributed by atoms with van der Waals surface area (Å²) >= 11 is 0. The van der Waals surface area contributed by atoms with Gasteiger partial charge in [-0.05, 0) is 18.9 Å². The molecule has 1 saturated carbocycles. The van der Waals surface area contributed by atoms with Gasteiger partial charge in [0.05, 0.1) is 31.2 Å². The zero-order valence-electron chi connectivity index (χ0n) is 15.2. The lowest BCUT2D eigenvalue weighted by atomic mass is 9.87. The van der Waals surface area contributed by atoms with Gasteiger partial charge in [0.15, 0.2) is 11.5 Å². The third-order valence-corrected chi connectivity index (χ3v) is 4.49. The zero-order chi connectivity index (χ0) is 20.3. The molecule has 1 aliphatic rings. The van der Waals surface area contributed by atoms with E-state index in [1.165, 1.54) is 19.5 Å². The van der Waals surface area contributed by atoms with Gasteiger partial charge in [0.1, 0.15) is 5.82 Å². The molecule has 6 N–H and O–H groups in total. The van der Waals surface area contributed by atoms with E-state index in [4.69, 9.17) is 16.2 Å². The highest BCUT2D eigenvalue weighted by Gasteiger charge is 2.44. The number of aromatic nitrogens is 3. The number of nitrogens with one attached hydrogen (secondary N) is 2. The molecule has 0 aliphatic heterocycles. The first-order valence-corrected chi connectivity index (χ1v) is 8.64. The SMILES string of the molecule is COc1ccc(Nc2nc(NC3CCCC(F)(F)C3N)cnc2C(N)=O)cn1. The zero-order valence-corrected chi connectivity index (χ0v) is 15.2. The summed E-state index contributed by atoms with van der Waals surface area (Å²) in [6.07, 6.45) is 3.31. The number of nitrogens with two attached hydrogens (primary N) is 2. The second-order valence-corrected chi connectivity index (χ2v) is 6.46. The molecule has 0 spiro atoms. The van der Waals surface area contributed by atoms with Crippen LogP contribution >= 0.6 is 0 Å². The molecule has 0 radical (unpaired) electrons. The highest BCUT2D eigenvalue weighted by atomic mass is 19.3. The molecule has 1 aliphatic carbocycles. The molecule has 1 fully saturated rings. The maximum atomic E-state index is 13.9. The Hall–Kier alpha value is -3.08. The van der Waals surface area contributed by atoms with Crippen molar-refractivity contribution in [1.29, 1.82) is 0 Å². The van der Waals surface area contributed by atoms with Crippen LogP contribution in [0.2, 0.25) is 0 Å². The Labute approximate surface area is 159 Å². The third-order valence-electron chi connectivity index (χ3n) is 4.49. The molecule has 150 valence electrons. The molecule has 1 amide bonds. The van der Waals surface area contributed by atoms with Gasteiger partial charge in [0, 0.05) is 18.5 Å². The minimum atomic E-state index is -2.95. The van der Waals surface area contributed by atoms with Gasteiger partial charge >= 0.3 is 0 Å². The average Bonchev–Trinajstić information content (AvgIpc) is 2.66. The number of hydrogen-bond acceptors (Lipinski definition) is 8. The summed E-state index contributed by atoms with van der Waals surface area (Å²) < 4.78 is 32.7. The first kappa shape index (κ1) is 19.7. The number of anilines is 3. The fourth-order valence-corrected chi connectivity index (χ4v) is 2.99. The number of methoxy groups -OCH3 is 1. The van der Waals surface area contributed by atoms with Gasteiger partial charge in [-0.25, -0.2) is 23.7 Å². The Morgan fingerprint density at radius 1 is 1.32 bits per heavy atom. The Morgan fingerprint density at radius 2 is 2.11 bits per heavy atom. The minimum absolute atomic E-state index is 0.0700. The number of amides is 1. The van der Waals surface area contributed by atoms with Crippen LogP contribution in [0.4, 0.5) is 26.1 Å². The van der Waals surface area contributed by atoms with Gasteiger partial charge in [-0.15, -0.1) is 0 Å². The lowest BCUT2D eigenvalue weighted by Gasteiger charge is -2.36. The first-order chi connectivity index (χ1) is 13.3. The molecule has 28 heavy (non-hydrogen) atoms. The number of nitrogens with zero attached hydrogens (tertiary/aromatic N) is 3. The second-order valence-electron chi connectivity index (χ2n) is 6.46. The van der Waals surface area contributed by atoms with E-state index in [1.54, 1.807) is 12.1 Å². The van der Waals surface area contributed by atoms with Crippen LogP contribution in [0.3, 0.4) is 0 Å². The number of pyridine rings is 1. The molecule has 3 rings (SSSR count). The standard InChI is InChI=1S/C17H21F2N7O2/c1-28-12-5-4-9(7-22-12)24-16-13(15(21)27)23-8-11(26-16)25-10-3-2-6-17(18,19)14(10)20/h4-5,7-8,10,14H,2-3,6,20H2,1H3,(H2,21,27)(H2,24,25,26). The van der Waals surface area contributed by atoms with E-state index in [1.807, 2.05) is 0 Å². The molecule has 2 aromatic rings. The Bertz CT molecular complexity index is 848. The topological polar surface area (TPSA) is 141 Å². The number of alkyl halides is 2. The van der Waals surface area contributed by atoms with E-state index in [-0.39, 0.29) is 23.8 Å².